The monoisotopic (exact) mass is 366 g/mol. The maximum Gasteiger partial charge on any atom is 0.350 e. The minimum atomic E-state index is -0.664. The molecule has 0 atom stereocenters. The molecule has 2 N–H and O–H groups in total. The Hall–Kier alpha value is -3.68. The van der Waals surface area contributed by atoms with Gasteiger partial charge in [0.25, 0.3) is 11.8 Å². The minimum Gasteiger partial charge on any atom is -0.350 e. The normalized spacial score (nSPS) is 14.7. The number of halogens is 1. The lowest BCUT2D eigenvalue weighted by atomic mass is 10.2. The Bertz CT molecular complexity index is 1050. The number of para-hydroxylation sites is 1. The molecule has 0 spiro atoms. The largest absolute Gasteiger partial charge is 0.350 e. The van der Waals surface area contributed by atoms with E-state index in [0.29, 0.717) is 21.6 Å². The lowest BCUT2D eigenvalue weighted by molar-refractivity contribution is -0.130. The number of hydrogen-bond acceptors (Lipinski definition) is 3. The summed E-state index contributed by atoms with van der Waals surface area (Å²) < 4.78 is 13.3. The Morgan fingerprint density at radius 1 is 1.07 bits per heavy atom. The quantitative estimate of drug-likeness (QED) is 0.747. The lowest BCUT2D eigenvalue weighted by Gasteiger charge is -2.33. The van der Waals surface area contributed by atoms with Crippen LogP contribution in [0.15, 0.2) is 54.6 Å². The van der Waals surface area contributed by atoms with Gasteiger partial charge in [0, 0.05) is 29.6 Å². The molecule has 4 amide bonds. The highest BCUT2D eigenvalue weighted by Gasteiger charge is 2.34. The summed E-state index contributed by atoms with van der Waals surface area (Å²) in [6, 6.07) is 13.8. The molecule has 1 aliphatic heterocycles. The van der Waals surface area contributed by atoms with Crippen LogP contribution in [0.25, 0.3) is 10.9 Å². The van der Waals surface area contributed by atoms with Crippen LogP contribution < -0.4 is 10.3 Å². The summed E-state index contributed by atoms with van der Waals surface area (Å²) in [5.41, 5.74) is 3.66. The molecule has 1 saturated heterocycles. The van der Waals surface area contributed by atoms with Crippen LogP contribution in [0, 0.1) is 5.82 Å². The van der Waals surface area contributed by atoms with E-state index in [1.54, 1.807) is 24.3 Å². The van der Waals surface area contributed by atoms with Crippen LogP contribution in [0.4, 0.5) is 14.9 Å². The number of benzene rings is 2. The fraction of sp³-hybridized carbons (Fsp3) is 0.105. The fourth-order valence-corrected chi connectivity index (χ4v) is 2.99. The Morgan fingerprint density at radius 2 is 1.85 bits per heavy atom. The van der Waals surface area contributed by atoms with Gasteiger partial charge in [-0.05, 0) is 36.4 Å². The predicted octanol–water partition coefficient (Wildman–Crippen LogP) is 2.81. The topological polar surface area (TPSA) is 85.5 Å². The number of amides is 4. The number of rotatable bonds is 3. The first-order valence-electron chi connectivity index (χ1n) is 8.32. The Kier molecular flexibility index (Phi) is 4.08. The number of anilines is 1. The zero-order chi connectivity index (χ0) is 19.0. The van der Waals surface area contributed by atoms with Gasteiger partial charge in [-0.3, -0.25) is 19.9 Å². The van der Waals surface area contributed by atoms with Gasteiger partial charge in [-0.15, -0.1) is 0 Å². The Labute approximate surface area is 153 Å². The number of aromatic nitrogens is 1. The van der Waals surface area contributed by atoms with Crippen molar-refractivity contribution < 1.29 is 18.8 Å². The molecule has 1 fully saturated rings. The molecule has 8 heteroatoms. The predicted molar refractivity (Wildman–Crippen MR) is 96.4 cm³/mol. The van der Waals surface area contributed by atoms with Crippen molar-refractivity contribution in [3.8, 4) is 0 Å². The molecule has 1 aliphatic rings. The highest BCUT2D eigenvalue weighted by atomic mass is 19.1. The number of carbonyl (C=O) groups excluding carboxylic acids is 3. The Morgan fingerprint density at radius 3 is 2.63 bits per heavy atom. The van der Waals surface area contributed by atoms with Crippen LogP contribution in [-0.4, -0.2) is 34.4 Å². The molecule has 2 heterocycles. The zero-order valence-corrected chi connectivity index (χ0v) is 14.1. The second-order valence-electron chi connectivity index (χ2n) is 6.10. The second kappa shape index (κ2) is 6.56. The van der Waals surface area contributed by atoms with Gasteiger partial charge >= 0.3 is 6.03 Å². The molecular formula is C19H15FN4O3. The highest BCUT2D eigenvalue weighted by Crippen LogP contribution is 2.20. The van der Waals surface area contributed by atoms with E-state index in [0.717, 1.165) is 0 Å². The average Bonchev–Trinajstić information content (AvgIpc) is 3.09. The summed E-state index contributed by atoms with van der Waals surface area (Å²) in [5.74, 6) is -1.58. The van der Waals surface area contributed by atoms with Crippen LogP contribution in [0.1, 0.15) is 16.9 Å². The highest BCUT2D eigenvalue weighted by molar-refractivity contribution is 6.08. The SMILES string of the molecule is O=C(NN1C(=O)CCN(c2ccccc2)C1=O)c1cc2cc(F)ccc2[nH]1. The van der Waals surface area contributed by atoms with Gasteiger partial charge in [0.15, 0.2) is 0 Å². The maximum absolute atomic E-state index is 13.3. The van der Waals surface area contributed by atoms with Crippen molar-refractivity contribution in [1.82, 2.24) is 15.4 Å². The van der Waals surface area contributed by atoms with Crippen molar-refractivity contribution in [1.29, 1.82) is 0 Å². The van der Waals surface area contributed by atoms with E-state index in [-0.39, 0.29) is 18.7 Å². The molecule has 0 unspecified atom stereocenters. The van der Waals surface area contributed by atoms with Gasteiger partial charge in [0.1, 0.15) is 11.5 Å². The van der Waals surface area contributed by atoms with E-state index in [9.17, 15) is 18.8 Å². The molecule has 136 valence electrons. The van der Waals surface area contributed by atoms with Crippen LogP contribution in [-0.2, 0) is 4.79 Å². The van der Waals surface area contributed by atoms with Crippen LogP contribution in [0.2, 0.25) is 0 Å². The number of urea groups is 1. The summed E-state index contributed by atoms with van der Waals surface area (Å²) in [7, 11) is 0. The summed E-state index contributed by atoms with van der Waals surface area (Å²) in [5, 5.41) is 1.23. The van der Waals surface area contributed by atoms with E-state index in [1.807, 2.05) is 6.07 Å². The van der Waals surface area contributed by atoms with Crippen LogP contribution >= 0.6 is 0 Å². The van der Waals surface area contributed by atoms with Gasteiger partial charge < -0.3 is 4.98 Å². The third kappa shape index (κ3) is 3.12. The van der Waals surface area contributed by atoms with E-state index in [2.05, 4.69) is 10.4 Å². The van der Waals surface area contributed by atoms with Gasteiger partial charge in [-0.1, -0.05) is 18.2 Å². The first kappa shape index (κ1) is 16.8. The van der Waals surface area contributed by atoms with Gasteiger partial charge in [0.05, 0.1) is 0 Å². The molecule has 1 aromatic heterocycles. The van der Waals surface area contributed by atoms with E-state index < -0.39 is 23.7 Å². The van der Waals surface area contributed by atoms with Gasteiger partial charge in [-0.2, -0.15) is 5.01 Å². The van der Waals surface area contributed by atoms with E-state index >= 15 is 0 Å². The van der Waals surface area contributed by atoms with E-state index in [4.69, 9.17) is 0 Å². The van der Waals surface area contributed by atoms with Gasteiger partial charge in [-0.25, -0.2) is 9.18 Å². The standard InChI is InChI=1S/C19H15FN4O3/c20-13-6-7-15-12(10-13)11-16(21-15)18(26)22-24-17(25)8-9-23(19(24)27)14-4-2-1-3-5-14/h1-7,10-11,21H,8-9H2,(H,22,26). The number of hydrazine groups is 1. The molecule has 4 rings (SSSR count). The van der Waals surface area contributed by atoms with Crippen molar-refractivity contribution >= 4 is 34.4 Å². The van der Waals surface area contributed by atoms with E-state index in [1.165, 1.54) is 29.2 Å². The number of carbonyl (C=O) groups is 3. The average molecular weight is 366 g/mol. The molecule has 0 radical (unpaired) electrons. The summed E-state index contributed by atoms with van der Waals surface area (Å²) in [4.78, 5) is 41.6. The first-order chi connectivity index (χ1) is 13.0. The van der Waals surface area contributed by atoms with Crippen molar-refractivity contribution in [2.24, 2.45) is 0 Å². The zero-order valence-electron chi connectivity index (χ0n) is 14.1. The molecule has 0 bridgehead atoms. The number of nitrogens with one attached hydrogen (secondary N) is 2. The third-order valence-electron chi connectivity index (χ3n) is 4.33. The number of H-pyrrole nitrogens is 1. The van der Waals surface area contributed by atoms with Crippen molar-refractivity contribution in [3.63, 3.8) is 0 Å². The number of imide groups is 1. The lowest BCUT2D eigenvalue weighted by Crippen LogP contribution is -2.59. The molecule has 7 nitrogen and oxygen atoms in total. The second-order valence-corrected chi connectivity index (χ2v) is 6.10. The summed E-state index contributed by atoms with van der Waals surface area (Å²) in [6.45, 7) is 0.236. The fourth-order valence-electron chi connectivity index (χ4n) is 2.99. The molecule has 3 aromatic rings. The smallest absolute Gasteiger partial charge is 0.350 e. The number of aromatic amines is 1. The number of nitrogens with zero attached hydrogens (tertiary/aromatic N) is 2. The molecule has 0 aliphatic carbocycles. The van der Waals surface area contributed by atoms with Gasteiger partial charge in [0.2, 0.25) is 0 Å². The third-order valence-corrected chi connectivity index (χ3v) is 4.33. The maximum atomic E-state index is 13.3. The molecule has 2 aromatic carbocycles. The minimum absolute atomic E-state index is 0.0822. The van der Waals surface area contributed by atoms with Crippen LogP contribution in [0.3, 0.4) is 0 Å². The molecule has 27 heavy (non-hydrogen) atoms. The number of hydrogen-bond donors (Lipinski definition) is 2. The first-order valence-corrected chi connectivity index (χ1v) is 8.32. The van der Waals surface area contributed by atoms with Crippen molar-refractivity contribution in [3.05, 3.63) is 66.1 Å². The van der Waals surface area contributed by atoms with Crippen molar-refractivity contribution in [2.45, 2.75) is 6.42 Å². The molecular weight excluding hydrogens is 351 g/mol. The summed E-state index contributed by atoms with van der Waals surface area (Å²) in [6.07, 6.45) is 0.0822. The van der Waals surface area contributed by atoms with Crippen molar-refractivity contribution in [2.75, 3.05) is 11.4 Å². The Balaban J connectivity index is 1.56. The van der Waals surface area contributed by atoms with Crippen LogP contribution in [0.5, 0.6) is 0 Å². The number of fused-ring (bicyclic) bond motifs is 1. The summed E-state index contributed by atoms with van der Waals surface area (Å²) >= 11 is 0. The molecule has 0 saturated carbocycles.